The molecule has 0 bridgehead atoms. The topological polar surface area (TPSA) is 95.5 Å². The van der Waals surface area contributed by atoms with Crippen molar-refractivity contribution < 1.29 is 17.6 Å². The Morgan fingerprint density at radius 3 is 2.29 bits per heavy atom. The number of halogens is 1. The molecule has 160 valence electrons. The molecule has 31 heavy (non-hydrogen) atoms. The molecule has 0 atom stereocenters. The number of benzene rings is 2. The number of piperazine rings is 1. The molecule has 1 saturated heterocycles. The smallest absolute Gasteiger partial charge is 0.261 e. The predicted molar refractivity (Wildman–Crippen MR) is 114 cm³/mol. The van der Waals surface area contributed by atoms with Gasteiger partial charge in [0.1, 0.15) is 5.82 Å². The summed E-state index contributed by atoms with van der Waals surface area (Å²) in [5.74, 6) is -0.0866. The van der Waals surface area contributed by atoms with Gasteiger partial charge in [0.15, 0.2) is 0 Å². The third-order valence-electron chi connectivity index (χ3n) is 4.89. The van der Waals surface area contributed by atoms with Crippen LogP contribution < -0.4 is 9.62 Å². The monoisotopic (exact) mass is 441 g/mol. The number of nitrogens with one attached hydrogen (secondary N) is 1. The summed E-state index contributed by atoms with van der Waals surface area (Å²) in [5.41, 5.74) is 0.517. The zero-order valence-electron chi connectivity index (χ0n) is 16.5. The fourth-order valence-corrected chi connectivity index (χ4v) is 4.38. The largest absolute Gasteiger partial charge is 0.337 e. The van der Waals surface area contributed by atoms with E-state index in [1.807, 2.05) is 4.90 Å². The SMILES string of the molecule is O=C(c1cccc(S(=O)(=O)Nc2ccc(F)cc2)c1)N1CCN(c2ncccn2)CC1. The summed E-state index contributed by atoms with van der Waals surface area (Å²) in [4.78, 5) is 25.0. The summed E-state index contributed by atoms with van der Waals surface area (Å²) < 4.78 is 40.8. The Balaban J connectivity index is 1.45. The number of nitrogens with zero attached hydrogens (tertiary/aromatic N) is 4. The molecule has 8 nitrogen and oxygen atoms in total. The average Bonchev–Trinajstić information content (AvgIpc) is 2.81. The lowest BCUT2D eigenvalue weighted by Crippen LogP contribution is -2.49. The standard InChI is InChI=1S/C21H20FN5O3S/c22-17-5-7-18(8-6-17)25-31(29,30)19-4-1-3-16(15-19)20(28)26-11-13-27(14-12-26)21-23-9-2-10-24-21/h1-10,15,25H,11-14H2. The predicted octanol–water partition coefficient (Wildman–Crippen LogP) is 2.38. The second-order valence-corrected chi connectivity index (χ2v) is 8.65. The van der Waals surface area contributed by atoms with E-state index in [0.29, 0.717) is 32.1 Å². The summed E-state index contributed by atoms with van der Waals surface area (Å²) in [5, 5.41) is 0. The number of hydrogen-bond donors (Lipinski definition) is 1. The highest BCUT2D eigenvalue weighted by Gasteiger charge is 2.24. The van der Waals surface area contributed by atoms with Gasteiger partial charge in [-0.3, -0.25) is 9.52 Å². The van der Waals surface area contributed by atoms with Gasteiger partial charge in [-0.15, -0.1) is 0 Å². The Hall–Kier alpha value is -3.53. The first-order valence-electron chi connectivity index (χ1n) is 9.62. The molecule has 0 spiro atoms. The lowest BCUT2D eigenvalue weighted by Gasteiger charge is -2.34. The molecule has 0 saturated carbocycles. The molecule has 2 heterocycles. The van der Waals surface area contributed by atoms with E-state index >= 15 is 0 Å². The van der Waals surface area contributed by atoms with Gasteiger partial charge in [0.25, 0.3) is 15.9 Å². The summed E-state index contributed by atoms with van der Waals surface area (Å²) in [6.45, 7) is 2.11. The Labute approximate surface area is 179 Å². The molecule has 0 radical (unpaired) electrons. The van der Waals surface area contributed by atoms with Gasteiger partial charge < -0.3 is 9.80 Å². The summed E-state index contributed by atoms with van der Waals surface area (Å²) in [6, 6.07) is 12.6. The maximum Gasteiger partial charge on any atom is 0.261 e. The number of carbonyl (C=O) groups is 1. The van der Waals surface area contributed by atoms with Crippen LogP contribution in [0.4, 0.5) is 16.0 Å². The second-order valence-electron chi connectivity index (χ2n) is 6.97. The zero-order chi connectivity index (χ0) is 21.8. The van der Waals surface area contributed by atoms with Crippen LogP contribution in [0.2, 0.25) is 0 Å². The number of aromatic nitrogens is 2. The van der Waals surface area contributed by atoms with Gasteiger partial charge >= 0.3 is 0 Å². The summed E-state index contributed by atoms with van der Waals surface area (Å²) >= 11 is 0. The first-order chi connectivity index (χ1) is 14.9. The van der Waals surface area contributed by atoms with E-state index in [4.69, 9.17) is 0 Å². The molecular weight excluding hydrogens is 421 g/mol. The summed E-state index contributed by atoms with van der Waals surface area (Å²) in [6.07, 6.45) is 3.34. The van der Waals surface area contributed by atoms with E-state index < -0.39 is 15.8 Å². The van der Waals surface area contributed by atoms with Crippen molar-refractivity contribution in [3.63, 3.8) is 0 Å². The minimum atomic E-state index is -3.93. The van der Waals surface area contributed by atoms with Crippen LogP contribution in [0.5, 0.6) is 0 Å². The van der Waals surface area contributed by atoms with E-state index in [0.717, 1.165) is 12.1 Å². The normalized spacial score (nSPS) is 14.4. The van der Waals surface area contributed by atoms with E-state index in [2.05, 4.69) is 14.7 Å². The highest BCUT2D eigenvalue weighted by atomic mass is 32.2. The molecule has 4 rings (SSSR count). The van der Waals surface area contributed by atoms with Crippen LogP contribution in [0.3, 0.4) is 0 Å². The number of rotatable bonds is 5. The molecule has 1 N–H and O–H groups in total. The van der Waals surface area contributed by atoms with E-state index in [1.54, 1.807) is 29.4 Å². The molecule has 1 aliphatic heterocycles. The van der Waals surface area contributed by atoms with Gasteiger partial charge in [0.05, 0.1) is 4.90 Å². The lowest BCUT2D eigenvalue weighted by molar-refractivity contribution is 0.0746. The average molecular weight is 441 g/mol. The third kappa shape index (κ3) is 4.80. The van der Waals surface area contributed by atoms with Crippen molar-refractivity contribution in [1.29, 1.82) is 0 Å². The molecule has 1 fully saturated rings. The van der Waals surface area contributed by atoms with Gasteiger partial charge in [-0.2, -0.15) is 0 Å². The molecule has 0 unspecified atom stereocenters. The molecule has 0 aliphatic carbocycles. The number of hydrogen-bond acceptors (Lipinski definition) is 6. The number of carbonyl (C=O) groups excluding carboxylic acids is 1. The lowest BCUT2D eigenvalue weighted by atomic mass is 10.2. The minimum absolute atomic E-state index is 0.0426. The fourth-order valence-electron chi connectivity index (χ4n) is 3.27. The molecule has 1 aromatic heterocycles. The van der Waals surface area contributed by atoms with Crippen molar-refractivity contribution in [1.82, 2.24) is 14.9 Å². The zero-order valence-corrected chi connectivity index (χ0v) is 17.3. The van der Waals surface area contributed by atoms with Crippen molar-refractivity contribution in [2.24, 2.45) is 0 Å². The molecule has 1 amide bonds. The molecule has 3 aromatic rings. The minimum Gasteiger partial charge on any atom is -0.337 e. The van der Waals surface area contributed by atoms with Crippen LogP contribution >= 0.6 is 0 Å². The second kappa shape index (κ2) is 8.68. The van der Waals surface area contributed by atoms with Gasteiger partial charge in [0.2, 0.25) is 5.95 Å². The quantitative estimate of drug-likeness (QED) is 0.653. The molecule has 2 aromatic carbocycles. The number of sulfonamides is 1. The van der Waals surface area contributed by atoms with Crippen molar-refractivity contribution in [2.45, 2.75) is 4.90 Å². The van der Waals surface area contributed by atoms with Gasteiger partial charge in [-0.1, -0.05) is 6.07 Å². The third-order valence-corrected chi connectivity index (χ3v) is 6.27. The number of anilines is 2. The van der Waals surface area contributed by atoms with Crippen LogP contribution in [0.1, 0.15) is 10.4 Å². The first kappa shape index (κ1) is 20.7. The van der Waals surface area contributed by atoms with E-state index in [1.165, 1.54) is 30.3 Å². The van der Waals surface area contributed by atoms with Crippen LogP contribution in [0.15, 0.2) is 71.9 Å². The van der Waals surface area contributed by atoms with Gasteiger partial charge in [-0.25, -0.2) is 22.8 Å². The van der Waals surface area contributed by atoms with Crippen molar-refractivity contribution in [2.75, 3.05) is 35.8 Å². The Bertz CT molecular complexity index is 1170. The Kier molecular flexibility index (Phi) is 5.81. The summed E-state index contributed by atoms with van der Waals surface area (Å²) in [7, 11) is -3.93. The van der Waals surface area contributed by atoms with E-state index in [9.17, 15) is 17.6 Å². The molecule has 10 heteroatoms. The highest BCUT2D eigenvalue weighted by Crippen LogP contribution is 2.19. The van der Waals surface area contributed by atoms with Crippen LogP contribution in [-0.4, -0.2) is 55.4 Å². The van der Waals surface area contributed by atoms with Gasteiger partial charge in [-0.05, 0) is 48.5 Å². The van der Waals surface area contributed by atoms with Crippen molar-refractivity contribution in [3.8, 4) is 0 Å². The molecule has 1 aliphatic rings. The maximum atomic E-state index is 13.1. The first-order valence-corrected chi connectivity index (χ1v) is 11.1. The fraction of sp³-hybridized carbons (Fsp3) is 0.190. The van der Waals surface area contributed by atoms with Crippen molar-refractivity contribution in [3.05, 3.63) is 78.4 Å². The van der Waals surface area contributed by atoms with Crippen LogP contribution in [-0.2, 0) is 10.0 Å². The molecular formula is C21H20FN5O3S. The van der Waals surface area contributed by atoms with Gasteiger partial charge in [0, 0.05) is 49.8 Å². The maximum absolute atomic E-state index is 13.1. The Morgan fingerprint density at radius 1 is 0.935 bits per heavy atom. The van der Waals surface area contributed by atoms with Crippen molar-refractivity contribution >= 4 is 27.6 Å². The van der Waals surface area contributed by atoms with E-state index in [-0.39, 0.29) is 22.1 Å². The van der Waals surface area contributed by atoms with Crippen LogP contribution in [0.25, 0.3) is 0 Å². The Morgan fingerprint density at radius 2 is 1.61 bits per heavy atom. The number of amides is 1. The van der Waals surface area contributed by atoms with Crippen LogP contribution in [0, 0.1) is 5.82 Å². The highest BCUT2D eigenvalue weighted by molar-refractivity contribution is 7.92.